The van der Waals surface area contributed by atoms with Crippen LogP contribution >= 0.6 is 11.6 Å². The Morgan fingerprint density at radius 2 is 2.15 bits per heavy atom. The van der Waals surface area contributed by atoms with Crippen LogP contribution in [0.25, 0.3) is 0 Å². The van der Waals surface area contributed by atoms with Gasteiger partial charge in [0.25, 0.3) is 5.91 Å². The molecule has 1 N–H and O–H groups in total. The van der Waals surface area contributed by atoms with Crippen LogP contribution in [0.5, 0.6) is 0 Å². The number of carbonyl (C=O) groups excluding carboxylic acids is 1. The molecule has 0 aliphatic carbocycles. The second kappa shape index (κ2) is 6.52. The molecule has 0 spiro atoms. The maximum absolute atomic E-state index is 12.2. The molecule has 1 heterocycles. The lowest BCUT2D eigenvalue weighted by Crippen LogP contribution is -2.27. The molecule has 2 rings (SSSR count). The molecule has 1 aromatic carbocycles. The van der Waals surface area contributed by atoms with Gasteiger partial charge >= 0.3 is 0 Å². The Balaban J connectivity index is 2.06. The van der Waals surface area contributed by atoms with Crippen LogP contribution in [0.1, 0.15) is 35.4 Å². The van der Waals surface area contributed by atoms with Gasteiger partial charge in [0, 0.05) is 25.0 Å². The van der Waals surface area contributed by atoms with Crippen LogP contribution in [0.15, 0.2) is 24.3 Å². The van der Waals surface area contributed by atoms with Gasteiger partial charge in [-0.05, 0) is 18.1 Å². The van der Waals surface area contributed by atoms with Crippen LogP contribution in [0.3, 0.4) is 0 Å². The Bertz CT molecular complexity index is 596. The minimum atomic E-state index is -0.219. The van der Waals surface area contributed by atoms with Gasteiger partial charge < -0.3 is 4.90 Å². The summed E-state index contributed by atoms with van der Waals surface area (Å²) in [5.74, 6) is 0.716. The van der Waals surface area contributed by atoms with Gasteiger partial charge in [0.05, 0.1) is 0 Å². The molecule has 106 valence electrons. The molecule has 20 heavy (non-hydrogen) atoms. The number of carbonyl (C=O) groups is 1. The zero-order valence-electron chi connectivity index (χ0n) is 11.6. The molecule has 6 heteroatoms. The fraction of sp³-hybridized carbons (Fsp3) is 0.357. The molecule has 0 unspecified atom stereocenters. The molecule has 5 nitrogen and oxygen atoms in total. The van der Waals surface area contributed by atoms with Crippen LogP contribution in [0, 0.1) is 0 Å². The van der Waals surface area contributed by atoms with E-state index < -0.39 is 0 Å². The summed E-state index contributed by atoms with van der Waals surface area (Å²) in [4.78, 5) is 18.0. The average molecular weight is 293 g/mol. The number of amides is 1. The van der Waals surface area contributed by atoms with Crippen LogP contribution < -0.4 is 0 Å². The average Bonchev–Trinajstić information content (AvgIpc) is 2.89. The van der Waals surface area contributed by atoms with Crippen molar-refractivity contribution in [3.05, 3.63) is 46.5 Å². The first-order valence-corrected chi connectivity index (χ1v) is 6.89. The lowest BCUT2D eigenvalue weighted by atomic mass is 10.2. The van der Waals surface area contributed by atoms with E-state index in [1.54, 1.807) is 18.0 Å². The summed E-state index contributed by atoms with van der Waals surface area (Å²) in [5, 5.41) is 7.39. The van der Waals surface area contributed by atoms with Crippen LogP contribution in [0.4, 0.5) is 0 Å². The molecule has 1 aromatic heterocycles. The lowest BCUT2D eigenvalue weighted by molar-refractivity contribution is 0.0773. The molecule has 2 aromatic rings. The minimum Gasteiger partial charge on any atom is -0.335 e. The highest BCUT2D eigenvalue weighted by molar-refractivity contribution is 6.31. The van der Waals surface area contributed by atoms with Crippen molar-refractivity contribution in [2.45, 2.75) is 26.3 Å². The van der Waals surface area contributed by atoms with E-state index in [4.69, 9.17) is 11.6 Å². The van der Waals surface area contributed by atoms with Gasteiger partial charge in [-0.25, -0.2) is 4.98 Å². The number of nitrogens with zero attached hydrogens (tertiary/aromatic N) is 3. The van der Waals surface area contributed by atoms with E-state index in [-0.39, 0.29) is 11.7 Å². The van der Waals surface area contributed by atoms with Crippen molar-refractivity contribution in [1.82, 2.24) is 20.1 Å². The van der Waals surface area contributed by atoms with E-state index in [1.165, 1.54) is 0 Å². The smallest absolute Gasteiger partial charge is 0.293 e. The van der Waals surface area contributed by atoms with Gasteiger partial charge in [0.15, 0.2) is 0 Å². The first-order valence-electron chi connectivity index (χ1n) is 6.52. The molecule has 0 aliphatic heterocycles. The zero-order chi connectivity index (χ0) is 14.5. The second-order valence-electron chi connectivity index (χ2n) is 4.61. The summed E-state index contributed by atoms with van der Waals surface area (Å²) < 4.78 is 0. The van der Waals surface area contributed by atoms with Crippen molar-refractivity contribution in [2.24, 2.45) is 0 Å². The number of halogens is 1. The van der Waals surface area contributed by atoms with Crippen molar-refractivity contribution in [3.8, 4) is 0 Å². The fourth-order valence-corrected chi connectivity index (χ4v) is 2.06. The van der Waals surface area contributed by atoms with E-state index in [0.29, 0.717) is 11.6 Å². The van der Waals surface area contributed by atoms with Crippen LogP contribution in [-0.2, 0) is 13.0 Å². The Hall–Kier alpha value is -1.88. The molecule has 0 atom stereocenters. The lowest BCUT2D eigenvalue weighted by Gasteiger charge is -2.16. The first kappa shape index (κ1) is 14.5. The van der Waals surface area contributed by atoms with Gasteiger partial charge in [0.1, 0.15) is 5.82 Å². The number of aryl methyl sites for hydroxylation is 1. The van der Waals surface area contributed by atoms with E-state index >= 15 is 0 Å². The molecule has 0 saturated carbocycles. The summed E-state index contributed by atoms with van der Waals surface area (Å²) in [5.41, 5.74) is 0.898. The number of hydrogen-bond donors (Lipinski definition) is 1. The number of aromatic nitrogens is 3. The summed E-state index contributed by atoms with van der Waals surface area (Å²) in [6.45, 7) is 2.48. The summed E-state index contributed by atoms with van der Waals surface area (Å²) in [6.07, 6.45) is 1.74. The predicted octanol–water partition coefficient (Wildman–Crippen LogP) is 2.68. The van der Waals surface area contributed by atoms with Gasteiger partial charge in [-0.3, -0.25) is 9.89 Å². The number of benzene rings is 1. The normalized spacial score (nSPS) is 10.6. The third-order valence-electron chi connectivity index (χ3n) is 2.92. The molecule has 0 fully saturated rings. The quantitative estimate of drug-likeness (QED) is 0.921. The Labute approximate surface area is 123 Å². The number of rotatable bonds is 5. The van der Waals surface area contributed by atoms with E-state index in [9.17, 15) is 4.79 Å². The highest BCUT2D eigenvalue weighted by atomic mass is 35.5. The fourth-order valence-electron chi connectivity index (χ4n) is 1.86. The highest BCUT2D eigenvalue weighted by Crippen LogP contribution is 2.17. The van der Waals surface area contributed by atoms with Gasteiger partial charge in [-0.15, -0.1) is 5.10 Å². The maximum Gasteiger partial charge on any atom is 0.293 e. The van der Waals surface area contributed by atoms with Crippen molar-refractivity contribution >= 4 is 17.5 Å². The van der Waals surface area contributed by atoms with Crippen molar-refractivity contribution in [1.29, 1.82) is 0 Å². The molecule has 0 bridgehead atoms. The summed E-state index contributed by atoms with van der Waals surface area (Å²) >= 11 is 6.09. The van der Waals surface area contributed by atoms with Crippen LogP contribution in [0.2, 0.25) is 5.02 Å². The molecular weight excluding hydrogens is 276 g/mol. The number of H-pyrrole nitrogens is 1. The Morgan fingerprint density at radius 1 is 1.40 bits per heavy atom. The topological polar surface area (TPSA) is 61.9 Å². The molecule has 0 saturated heterocycles. The van der Waals surface area contributed by atoms with Crippen molar-refractivity contribution in [3.63, 3.8) is 0 Å². The molecular formula is C14H17ClN4O. The SMILES string of the molecule is CCCc1nc(C(=O)N(C)Cc2ccccc2Cl)n[nH]1. The predicted molar refractivity (Wildman–Crippen MR) is 77.6 cm³/mol. The van der Waals surface area contributed by atoms with Crippen molar-refractivity contribution in [2.75, 3.05) is 7.05 Å². The Morgan fingerprint density at radius 3 is 2.85 bits per heavy atom. The minimum absolute atomic E-state index is 0.197. The maximum atomic E-state index is 12.2. The monoisotopic (exact) mass is 292 g/mol. The summed E-state index contributed by atoms with van der Waals surface area (Å²) in [6, 6.07) is 7.46. The number of nitrogens with one attached hydrogen (secondary N) is 1. The van der Waals surface area contributed by atoms with E-state index in [0.717, 1.165) is 24.2 Å². The van der Waals surface area contributed by atoms with E-state index in [2.05, 4.69) is 15.2 Å². The summed E-state index contributed by atoms with van der Waals surface area (Å²) in [7, 11) is 1.71. The molecule has 0 radical (unpaired) electrons. The standard InChI is InChI=1S/C14H17ClN4O/c1-3-6-12-16-13(18-17-12)14(20)19(2)9-10-7-4-5-8-11(10)15/h4-5,7-8H,3,6,9H2,1-2H3,(H,16,17,18). The third-order valence-corrected chi connectivity index (χ3v) is 3.29. The highest BCUT2D eigenvalue weighted by Gasteiger charge is 2.17. The molecule has 1 amide bonds. The number of aromatic amines is 1. The largest absolute Gasteiger partial charge is 0.335 e. The van der Waals surface area contributed by atoms with Crippen LogP contribution in [-0.4, -0.2) is 33.0 Å². The van der Waals surface area contributed by atoms with Gasteiger partial charge in [0.2, 0.25) is 5.82 Å². The second-order valence-corrected chi connectivity index (χ2v) is 5.02. The third kappa shape index (κ3) is 3.36. The number of hydrogen-bond acceptors (Lipinski definition) is 3. The zero-order valence-corrected chi connectivity index (χ0v) is 12.3. The van der Waals surface area contributed by atoms with Gasteiger partial charge in [-0.1, -0.05) is 36.7 Å². The van der Waals surface area contributed by atoms with Crippen molar-refractivity contribution < 1.29 is 4.79 Å². The van der Waals surface area contributed by atoms with Gasteiger partial charge in [-0.2, -0.15) is 0 Å². The van der Waals surface area contributed by atoms with E-state index in [1.807, 2.05) is 25.1 Å². The molecule has 0 aliphatic rings. The first-order chi connectivity index (χ1) is 9.61. The Kier molecular flexibility index (Phi) is 4.74.